The van der Waals surface area contributed by atoms with Crippen molar-refractivity contribution >= 4 is 0 Å². The van der Waals surface area contributed by atoms with Gasteiger partial charge in [-0.25, -0.2) is 0 Å². The van der Waals surface area contributed by atoms with Gasteiger partial charge in [0.25, 0.3) is 0 Å². The third-order valence-corrected chi connectivity index (χ3v) is 10.4. The van der Waals surface area contributed by atoms with Crippen molar-refractivity contribution in [2.24, 2.45) is 34.5 Å². The molecule has 0 heterocycles. The average Bonchev–Trinajstić information content (AvgIpc) is 3.09. The number of allylic oxidation sites excluding steroid dienone is 4. The van der Waals surface area contributed by atoms with Gasteiger partial charge in [-0.05, 0) is 125 Å². The summed E-state index contributed by atoms with van der Waals surface area (Å²) in [5.74, 6) is 3.31. The van der Waals surface area contributed by atoms with E-state index >= 15 is 0 Å². The van der Waals surface area contributed by atoms with Gasteiger partial charge in [-0.2, -0.15) is 0 Å². The van der Waals surface area contributed by atoms with E-state index < -0.39 is 0 Å². The zero-order valence-corrected chi connectivity index (χ0v) is 21.9. The maximum atomic E-state index is 10.2. The maximum absolute atomic E-state index is 10.2. The summed E-state index contributed by atoms with van der Waals surface area (Å²) in [7, 11) is 0. The van der Waals surface area contributed by atoms with Gasteiger partial charge in [0.2, 0.25) is 0 Å². The molecule has 0 aliphatic heterocycles. The van der Waals surface area contributed by atoms with Crippen molar-refractivity contribution in [2.45, 2.75) is 132 Å². The van der Waals surface area contributed by atoms with Gasteiger partial charge in [-0.15, -0.1) is 0 Å². The lowest BCUT2D eigenvalue weighted by Gasteiger charge is -2.57. The monoisotopic (exact) mass is 428 g/mol. The zero-order valence-electron chi connectivity index (χ0n) is 21.9. The van der Waals surface area contributed by atoms with E-state index in [9.17, 15) is 5.11 Å². The van der Waals surface area contributed by atoms with Gasteiger partial charge in [0.1, 0.15) is 0 Å². The lowest BCUT2D eigenvalue weighted by atomic mass is 9.48. The molecule has 178 valence electrons. The van der Waals surface area contributed by atoms with Crippen molar-refractivity contribution in [3.05, 3.63) is 22.8 Å². The van der Waals surface area contributed by atoms with E-state index in [1.54, 1.807) is 11.1 Å². The van der Waals surface area contributed by atoms with E-state index in [4.69, 9.17) is 0 Å². The molecule has 3 saturated carbocycles. The largest absolute Gasteiger partial charge is 0.393 e. The first kappa shape index (κ1) is 25.1. The van der Waals surface area contributed by atoms with Crippen LogP contribution >= 0.6 is 0 Å². The standard InChI is InChI=1S/C28H46O.C2H6/c1-6-20(19(2)3)8-7-9-21-11-13-25-24-12-10-22-18-23(29)14-16-28(22,5)26(24)15-17-27(21,25)4;1-2/h12,21-23,25-26,29H,6-11,13-18H2,1-5H3;1-2H3/t21-,22-,23-,25-,26-,27+,28-;/m0./s1. The number of rotatable bonds is 5. The fourth-order valence-corrected chi connectivity index (χ4v) is 8.41. The van der Waals surface area contributed by atoms with Crippen molar-refractivity contribution in [1.29, 1.82) is 0 Å². The Balaban J connectivity index is 0.00000132. The van der Waals surface area contributed by atoms with Crippen LogP contribution in [0.25, 0.3) is 0 Å². The Morgan fingerprint density at radius 1 is 1.00 bits per heavy atom. The lowest BCUT2D eigenvalue weighted by Crippen LogP contribution is -2.49. The van der Waals surface area contributed by atoms with Crippen LogP contribution in [-0.4, -0.2) is 11.2 Å². The second-order valence-electron chi connectivity index (χ2n) is 11.8. The van der Waals surface area contributed by atoms with Crippen LogP contribution in [0.4, 0.5) is 0 Å². The molecule has 4 aliphatic rings. The van der Waals surface area contributed by atoms with Crippen LogP contribution in [0.5, 0.6) is 0 Å². The van der Waals surface area contributed by atoms with E-state index in [-0.39, 0.29) is 6.10 Å². The number of aliphatic hydroxyl groups is 1. The van der Waals surface area contributed by atoms with Crippen LogP contribution in [0.2, 0.25) is 0 Å². The summed E-state index contributed by atoms with van der Waals surface area (Å²) < 4.78 is 0. The van der Waals surface area contributed by atoms with Crippen LogP contribution in [0.15, 0.2) is 22.8 Å². The molecule has 0 spiro atoms. The molecule has 0 saturated heterocycles. The molecule has 0 amide bonds. The second-order valence-corrected chi connectivity index (χ2v) is 11.8. The highest BCUT2D eigenvalue weighted by Gasteiger charge is 2.57. The Bertz CT molecular complexity index is 668. The van der Waals surface area contributed by atoms with Gasteiger partial charge in [0.15, 0.2) is 0 Å². The molecule has 7 atom stereocenters. The highest BCUT2D eigenvalue weighted by atomic mass is 16.3. The van der Waals surface area contributed by atoms with E-state index in [0.29, 0.717) is 10.8 Å². The fraction of sp³-hybridized carbons (Fsp3) is 0.867. The zero-order chi connectivity index (χ0) is 22.8. The van der Waals surface area contributed by atoms with Crippen LogP contribution < -0.4 is 0 Å². The molecule has 0 aromatic heterocycles. The molecule has 3 fully saturated rings. The first-order valence-electron chi connectivity index (χ1n) is 13.8. The van der Waals surface area contributed by atoms with Crippen LogP contribution in [-0.2, 0) is 0 Å². The van der Waals surface area contributed by atoms with Crippen molar-refractivity contribution in [3.63, 3.8) is 0 Å². The minimum Gasteiger partial charge on any atom is -0.393 e. The molecule has 4 rings (SSSR count). The number of fused-ring (bicyclic) bond motifs is 5. The molecule has 0 unspecified atom stereocenters. The molecule has 1 nitrogen and oxygen atoms in total. The number of hydrogen-bond donors (Lipinski definition) is 1. The van der Waals surface area contributed by atoms with Crippen molar-refractivity contribution in [1.82, 2.24) is 0 Å². The average molecular weight is 429 g/mol. The van der Waals surface area contributed by atoms with Crippen molar-refractivity contribution < 1.29 is 5.11 Å². The van der Waals surface area contributed by atoms with E-state index in [0.717, 1.165) is 36.5 Å². The maximum Gasteiger partial charge on any atom is 0.0543 e. The Kier molecular flexibility index (Phi) is 8.21. The molecule has 0 aromatic carbocycles. The van der Waals surface area contributed by atoms with Crippen LogP contribution in [0, 0.1) is 34.5 Å². The van der Waals surface area contributed by atoms with Gasteiger partial charge < -0.3 is 5.11 Å². The number of aliphatic hydroxyl groups excluding tert-OH is 1. The highest BCUT2D eigenvalue weighted by Crippen LogP contribution is 2.66. The highest BCUT2D eigenvalue weighted by molar-refractivity contribution is 5.27. The first-order chi connectivity index (χ1) is 14.8. The summed E-state index contributed by atoms with van der Waals surface area (Å²) in [6, 6.07) is 0. The topological polar surface area (TPSA) is 20.2 Å². The smallest absolute Gasteiger partial charge is 0.0543 e. The summed E-state index contributed by atoms with van der Waals surface area (Å²) in [5, 5.41) is 10.2. The van der Waals surface area contributed by atoms with E-state index in [1.807, 2.05) is 19.4 Å². The predicted octanol–water partition coefficient (Wildman–Crippen LogP) is 8.87. The molecular formula is C30H52O. The minimum atomic E-state index is -0.0402. The van der Waals surface area contributed by atoms with Gasteiger partial charge >= 0.3 is 0 Å². The second kappa shape index (κ2) is 10.1. The van der Waals surface area contributed by atoms with E-state index in [2.05, 4.69) is 40.7 Å². The number of hydrogen-bond acceptors (Lipinski definition) is 1. The SMILES string of the molecule is CC.CCC(CCC[C@H]1CC[C@H]2C3=CC[C@H]4C[C@@H](O)CC[C@]4(C)[C@H]3CC[C@]12C)=C(C)C. The van der Waals surface area contributed by atoms with Gasteiger partial charge in [0.05, 0.1) is 6.10 Å². The third-order valence-electron chi connectivity index (χ3n) is 10.4. The minimum absolute atomic E-state index is 0.0402. The summed E-state index contributed by atoms with van der Waals surface area (Å²) in [6.45, 7) is 16.2. The molecule has 1 heteroatoms. The fourth-order valence-electron chi connectivity index (χ4n) is 8.41. The molecule has 31 heavy (non-hydrogen) atoms. The van der Waals surface area contributed by atoms with Gasteiger partial charge in [-0.3, -0.25) is 0 Å². The summed E-state index contributed by atoms with van der Waals surface area (Å²) in [5.41, 5.74) is 6.13. The Morgan fingerprint density at radius 3 is 2.35 bits per heavy atom. The lowest BCUT2D eigenvalue weighted by molar-refractivity contribution is -0.0402. The predicted molar refractivity (Wildman–Crippen MR) is 135 cm³/mol. The normalized spacial score (nSPS) is 41.2. The molecule has 0 radical (unpaired) electrons. The third kappa shape index (κ3) is 4.60. The van der Waals surface area contributed by atoms with E-state index in [1.165, 1.54) is 64.2 Å². The summed E-state index contributed by atoms with van der Waals surface area (Å²) in [6.07, 6.45) is 18.3. The Hall–Kier alpha value is -0.560. The summed E-state index contributed by atoms with van der Waals surface area (Å²) in [4.78, 5) is 0. The summed E-state index contributed by atoms with van der Waals surface area (Å²) >= 11 is 0. The van der Waals surface area contributed by atoms with Crippen molar-refractivity contribution in [3.8, 4) is 0 Å². The van der Waals surface area contributed by atoms with Crippen LogP contribution in [0.3, 0.4) is 0 Å². The molecule has 0 aromatic rings. The van der Waals surface area contributed by atoms with Gasteiger partial charge in [-0.1, -0.05) is 57.4 Å². The first-order valence-corrected chi connectivity index (χ1v) is 13.8. The Morgan fingerprint density at radius 2 is 1.68 bits per heavy atom. The quantitative estimate of drug-likeness (QED) is 0.433. The molecular weight excluding hydrogens is 376 g/mol. The Labute approximate surface area is 194 Å². The molecule has 1 N–H and O–H groups in total. The van der Waals surface area contributed by atoms with Crippen LogP contribution in [0.1, 0.15) is 126 Å². The molecule has 0 bridgehead atoms. The molecule has 4 aliphatic carbocycles. The van der Waals surface area contributed by atoms with Gasteiger partial charge in [0, 0.05) is 0 Å². The van der Waals surface area contributed by atoms with Crippen molar-refractivity contribution in [2.75, 3.05) is 0 Å².